The zero-order valence-corrected chi connectivity index (χ0v) is 17.4. The highest BCUT2D eigenvalue weighted by molar-refractivity contribution is 7.12. The maximum Gasteiger partial charge on any atom is 0.234 e. The molecule has 3 rings (SSSR count). The van der Waals surface area contributed by atoms with E-state index in [2.05, 4.69) is 54.4 Å². The fourth-order valence-electron chi connectivity index (χ4n) is 4.01. The van der Waals surface area contributed by atoms with Crippen LogP contribution in [0.25, 0.3) is 0 Å². The first kappa shape index (κ1) is 20.1. The van der Waals surface area contributed by atoms with Crippen molar-refractivity contribution in [3.05, 3.63) is 56.8 Å². The topological polar surface area (TPSA) is 41.6 Å². The average molecular weight is 387 g/mol. The number of carbonyl (C=O) groups excluding carboxylic acids is 1. The fraction of sp³-hybridized carbons (Fsp3) is 0.500. The van der Waals surface area contributed by atoms with E-state index in [1.807, 2.05) is 11.3 Å². The van der Waals surface area contributed by atoms with Crippen LogP contribution in [0.4, 0.5) is 0 Å². The molecular weight excluding hydrogens is 356 g/mol. The first-order chi connectivity index (χ1) is 13.2. The van der Waals surface area contributed by atoms with Crippen molar-refractivity contribution in [3.8, 4) is 0 Å². The highest BCUT2D eigenvalue weighted by Gasteiger charge is 2.33. The first-order valence-electron chi connectivity index (χ1n) is 9.81. The first-order valence-corrected chi connectivity index (χ1v) is 10.6. The zero-order chi connectivity index (χ0) is 19.2. The van der Waals surface area contributed by atoms with E-state index < -0.39 is 0 Å². The second-order valence-corrected chi connectivity index (χ2v) is 8.32. The van der Waals surface area contributed by atoms with Gasteiger partial charge in [-0.25, -0.2) is 0 Å². The second kappa shape index (κ2) is 9.49. The van der Waals surface area contributed by atoms with Gasteiger partial charge in [0.1, 0.15) is 0 Å². The molecule has 0 aliphatic carbocycles. The summed E-state index contributed by atoms with van der Waals surface area (Å²) in [6, 6.07) is 10.8. The van der Waals surface area contributed by atoms with Gasteiger partial charge in [0.05, 0.1) is 12.6 Å². The van der Waals surface area contributed by atoms with Crippen molar-refractivity contribution < 1.29 is 9.53 Å². The van der Waals surface area contributed by atoms with E-state index in [9.17, 15) is 4.79 Å². The van der Waals surface area contributed by atoms with Gasteiger partial charge in [-0.2, -0.15) is 0 Å². The van der Waals surface area contributed by atoms with Crippen molar-refractivity contribution >= 4 is 17.2 Å². The van der Waals surface area contributed by atoms with Crippen LogP contribution in [0.5, 0.6) is 0 Å². The molecule has 1 aromatic carbocycles. The predicted molar refractivity (Wildman–Crippen MR) is 111 cm³/mol. The molecule has 0 saturated heterocycles. The minimum Gasteiger partial charge on any atom is -0.385 e. The Balaban J connectivity index is 1.82. The molecule has 146 valence electrons. The molecule has 27 heavy (non-hydrogen) atoms. The Morgan fingerprint density at radius 3 is 2.81 bits per heavy atom. The highest BCUT2D eigenvalue weighted by atomic mass is 32.1. The third-order valence-corrected chi connectivity index (χ3v) is 6.52. The maximum atomic E-state index is 12.5. The number of thiophene rings is 1. The molecule has 1 N–H and O–H groups in total. The van der Waals surface area contributed by atoms with Crippen molar-refractivity contribution in [3.63, 3.8) is 0 Å². The summed E-state index contributed by atoms with van der Waals surface area (Å²) in [5.41, 5.74) is 4.31. The summed E-state index contributed by atoms with van der Waals surface area (Å²) in [5.74, 6) is 0.0967. The van der Waals surface area contributed by atoms with E-state index in [-0.39, 0.29) is 11.9 Å². The third kappa shape index (κ3) is 4.60. The Kier molecular flexibility index (Phi) is 7.05. The molecule has 1 atom stereocenters. The molecular formula is C22H30N2O2S. The van der Waals surface area contributed by atoms with Gasteiger partial charge in [0, 0.05) is 36.6 Å². The molecule has 4 nitrogen and oxygen atoms in total. The van der Waals surface area contributed by atoms with E-state index in [1.54, 1.807) is 7.11 Å². The van der Waals surface area contributed by atoms with Crippen LogP contribution in [0.2, 0.25) is 0 Å². The lowest BCUT2D eigenvalue weighted by Gasteiger charge is -2.36. The van der Waals surface area contributed by atoms with Gasteiger partial charge in [-0.3, -0.25) is 9.69 Å². The van der Waals surface area contributed by atoms with Crippen LogP contribution in [-0.2, 0) is 22.4 Å². The third-order valence-electron chi connectivity index (χ3n) is 5.28. The maximum absolute atomic E-state index is 12.5. The molecule has 0 spiro atoms. The number of aryl methyl sites for hydroxylation is 1. The summed E-state index contributed by atoms with van der Waals surface area (Å²) in [6.45, 7) is 7.17. The number of rotatable bonds is 8. The Bertz CT molecular complexity index is 757. The number of hydrogen-bond acceptors (Lipinski definition) is 4. The lowest BCUT2D eigenvalue weighted by molar-refractivity contribution is -0.122. The molecule has 2 heterocycles. The second-order valence-electron chi connectivity index (χ2n) is 7.06. The van der Waals surface area contributed by atoms with Crippen LogP contribution in [-0.4, -0.2) is 44.2 Å². The summed E-state index contributed by atoms with van der Waals surface area (Å²) >= 11 is 1.91. The van der Waals surface area contributed by atoms with Crippen LogP contribution in [0.1, 0.15) is 45.8 Å². The Morgan fingerprint density at radius 1 is 1.33 bits per heavy atom. The van der Waals surface area contributed by atoms with E-state index in [1.165, 1.54) is 26.4 Å². The van der Waals surface area contributed by atoms with E-state index in [0.29, 0.717) is 19.7 Å². The summed E-state index contributed by atoms with van der Waals surface area (Å²) in [6.07, 6.45) is 2.96. The van der Waals surface area contributed by atoms with E-state index in [4.69, 9.17) is 4.74 Å². The van der Waals surface area contributed by atoms with Crippen LogP contribution in [0, 0.1) is 6.92 Å². The number of methoxy groups -OCH3 is 1. The molecule has 1 unspecified atom stereocenters. The highest BCUT2D eigenvalue weighted by Crippen LogP contribution is 2.42. The minimum atomic E-state index is 0.0967. The number of carbonyl (C=O) groups is 1. The molecule has 0 fully saturated rings. The lowest BCUT2D eigenvalue weighted by Crippen LogP contribution is -2.43. The number of fused-ring (bicyclic) bond motifs is 1. The summed E-state index contributed by atoms with van der Waals surface area (Å²) in [7, 11) is 1.69. The Labute approximate surface area is 166 Å². The minimum absolute atomic E-state index is 0.0967. The van der Waals surface area contributed by atoms with Gasteiger partial charge in [-0.15, -0.1) is 11.3 Å². The molecule has 0 bridgehead atoms. The van der Waals surface area contributed by atoms with Gasteiger partial charge >= 0.3 is 0 Å². The van der Waals surface area contributed by atoms with Crippen molar-refractivity contribution in [2.45, 2.75) is 39.2 Å². The van der Waals surface area contributed by atoms with Crippen LogP contribution in [0.15, 0.2) is 30.3 Å². The molecule has 1 aromatic heterocycles. The van der Waals surface area contributed by atoms with Gasteiger partial charge in [0.25, 0.3) is 0 Å². The SMILES string of the molecule is CCc1c(C)sc2c1CCN(CC(=O)NCCCOC)C2c1ccccc1. The van der Waals surface area contributed by atoms with Crippen LogP contribution < -0.4 is 5.32 Å². The number of ether oxygens (including phenoxy) is 1. The van der Waals surface area contributed by atoms with Gasteiger partial charge < -0.3 is 10.1 Å². The molecule has 0 saturated carbocycles. The number of amides is 1. The van der Waals surface area contributed by atoms with Gasteiger partial charge in [-0.05, 0) is 42.9 Å². The van der Waals surface area contributed by atoms with E-state index in [0.717, 1.165) is 25.8 Å². The van der Waals surface area contributed by atoms with Crippen LogP contribution >= 0.6 is 11.3 Å². The standard InChI is InChI=1S/C22H30N2O2S/c1-4-18-16(2)27-22-19(18)11-13-24(15-20(25)23-12-8-14-26-3)21(22)17-9-6-5-7-10-17/h5-7,9-10,21H,4,8,11-15H2,1-3H3,(H,23,25). The van der Waals surface area contributed by atoms with Crippen molar-refractivity contribution in [2.75, 3.05) is 33.4 Å². The average Bonchev–Trinajstić information content (AvgIpc) is 3.00. The number of hydrogen-bond donors (Lipinski definition) is 1. The number of nitrogens with zero attached hydrogens (tertiary/aromatic N) is 1. The summed E-state index contributed by atoms with van der Waals surface area (Å²) in [4.78, 5) is 17.7. The quantitative estimate of drug-likeness (QED) is 0.703. The van der Waals surface area contributed by atoms with Crippen molar-refractivity contribution in [2.24, 2.45) is 0 Å². The fourth-order valence-corrected chi connectivity index (χ4v) is 5.48. The Hall–Kier alpha value is -1.69. The summed E-state index contributed by atoms with van der Waals surface area (Å²) in [5, 5.41) is 3.03. The molecule has 1 amide bonds. The van der Waals surface area contributed by atoms with Gasteiger partial charge in [0.2, 0.25) is 5.91 Å². The predicted octanol–water partition coefficient (Wildman–Crippen LogP) is 3.72. The van der Waals surface area contributed by atoms with Crippen molar-refractivity contribution in [1.29, 1.82) is 0 Å². The Morgan fingerprint density at radius 2 is 2.11 bits per heavy atom. The molecule has 5 heteroatoms. The summed E-state index contributed by atoms with van der Waals surface area (Å²) < 4.78 is 5.05. The van der Waals surface area contributed by atoms with Crippen LogP contribution in [0.3, 0.4) is 0 Å². The monoisotopic (exact) mass is 386 g/mol. The number of nitrogens with one attached hydrogen (secondary N) is 1. The molecule has 1 aliphatic rings. The van der Waals surface area contributed by atoms with E-state index >= 15 is 0 Å². The van der Waals surface area contributed by atoms with Gasteiger partial charge in [-0.1, -0.05) is 37.3 Å². The molecule has 1 aliphatic heterocycles. The van der Waals surface area contributed by atoms with Gasteiger partial charge in [0.15, 0.2) is 0 Å². The lowest BCUT2D eigenvalue weighted by atomic mass is 9.92. The van der Waals surface area contributed by atoms with Crippen molar-refractivity contribution in [1.82, 2.24) is 10.2 Å². The largest absolute Gasteiger partial charge is 0.385 e. The number of benzene rings is 1. The smallest absolute Gasteiger partial charge is 0.234 e. The molecule has 2 aromatic rings. The normalized spacial score (nSPS) is 16.9. The molecule has 0 radical (unpaired) electrons. The zero-order valence-electron chi connectivity index (χ0n) is 16.6.